The zero-order valence-electron chi connectivity index (χ0n) is 9.36. The Morgan fingerprint density at radius 2 is 1.83 bits per heavy atom. The second-order valence-corrected chi connectivity index (χ2v) is 5.08. The third-order valence-corrected chi connectivity index (χ3v) is 3.54. The van der Waals surface area contributed by atoms with Crippen LogP contribution in [0.3, 0.4) is 0 Å². The number of halogens is 2. The Hall–Kier alpha value is -1.68. The maximum absolute atomic E-state index is 13.1. The van der Waals surface area contributed by atoms with Gasteiger partial charge in [0.05, 0.1) is 6.54 Å². The van der Waals surface area contributed by atoms with Crippen LogP contribution in [0.5, 0.6) is 0 Å². The summed E-state index contributed by atoms with van der Waals surface area (Å²) in [6.07, 6.45) is 0. The van der Waals surface area contributed by atoms with Crippen molar-refractivity contribution in [1.82, 2.24) is 0 Å². The molecule has 18 heavy (non-hydrogen) atoms. The average Bonchev–Trinajstić information content (AvgIpc) is 2.68. The lowest BCUT2D eigenvalue weighted by Crippen LogP contribution is -2.22. The molecule has 2 aromatic rings. The lowest BCUT2D eigenvalue weighted by Gasteiger charge is -2.15. The second-order valence-electron chi connectivity index (χ2n) is 4.17. The fourth-order valence-corrected chi connectivity index (χ4v) is 2.37. The number of amides is 1. The van der Waals surface area contributed by atoms with E-state index in [2.05, 4.69) is 15.9 Å². The molecule has 0 fully saturated rings. The number of nitrogens with zero attached hydrogens (tertiary/aromatic N) is 1. The molecule has 2 nitrogen and oxygen atoms in total. The molecule has 2 aromatic carbocycles. The summed E-state index contributed by atoms with van der Waals surface area (Å²) in [6.45, 7) is 0.496. The summed E-state index contributed by atoms with van der Waals surface area (Å²) < 4.78 is 14.1. The van der Waals surface area contributed by atoms with Crippen LogP contribution in [0.1, 0.15) is 15.9 Å². The molecule has 0 aromatic heterocycles. The van der Waals surface area contributed by atoms with Gasteiger partial charge in [0.15, 0.2) is 0 Å². The Labute approximate surface area is 112 Å². The van der Waals surface area contributed by atoms with Crippen molar-refractivity contribution in [2.75, 3.05) is 4.90 Å². The molecule has 0 bridgehead atoms. The van der Waals surface area contributed by atoms with Crippen molar-refractivity contribution < 1.29 is 9.18 Å². The molecule has 0 atom stereocenters. The second kappa shape index (κ2) is 4.21. The molecular formula is C14H9BrFNO. The highest BCUT2D eigenvalue weighted by Crippen LogP contribution is 2.29. The number of rotatable bonds is 1. The largest absolute Gasteiger partial charge is 0.304 e. The molecule has 1 amide bonds. The van der Waals surface area contributed by atoms with Crippen LogP contribution in [0.25, 0.3) is 0 Å². The van der Waals surface area contributed by atoms with Crippen LogP contribution in [0.15, 0.2) is 46.9 Å². The Kier molecular flexibility index (Phi) is 2.67. The maximum atomic E-state index is 13.1. The van der Waals surface area contributed by atoms with Gasteiger partial charge in [-0.3, -0.25) is 4.79 Å². The molecule has 4 heteroatoms. The number of hydrogen-bond acceptors (Lipinski definition) is 1. The van der Waals surface area contributed by atoms with E-state index in [9.17, 15) is 9.18 Å². The molecular weight excluding hydrogens is 297 g/mol. The molecule has 1 aliphatic rings. The minimum Gasteiger partial charge on any atom is -0.304 e. The van der Waals surface area contributed by atoms with Gasteiger partial charge in [0.25, 0.3) is 5.91 Å². The van der Waals surface area contributed by atoms with Gasteiger partial charge in [-0.2, -0.15) is 0 Å². The van der Waals surface area contributed by atoms with Crippen LogP contribution < -0.4 is 4.90 Å². The molecule has 3 rings (SSSR count). The maximum Gasteiger partial charge on any atom is 0.259 e. The minimum atomic E-state index is -0.375. The van der Waals surface area contributed by atoms with Crippen molar-refractivity contribution in [2.45, 2.75) is 6.54 Å². The van der Waals surface area contributed by atoms with E-state index in [0.717, 1.165) is 15.7 Å². The number of fused-ring (bicyclic) bond motifs is 1. The molecule has 1 aliphatic heterocycles. The summed E-state index contributed by atoms with van der Waals surface area (Å²) in [5, 5.41) is 0. The van der Waals surface area contributed by atoms with E-state index in [4.69, 9.17) is 0 Å². The standard InChI is InChI=1S/C14H9BrFNO/c15-10-2-5-12(6-3-10)17-8-9-1-4-11(16)7-13(9)14(17)18/h1-7H,8H2. The Morgan fingerprint density at radius 3 is 2.56 bits per heavy atom. The van der Waals surface area contributed by atoms with Crippen LogP contribution in [0.2, 0.25) is 0 Å². The molecule has 0 radical (unpaired) electrons. The normalized spacial score (nSPS) is 13.9. The van der Waals surface area contributed by atoms with Gasteiger partial charge < -0.3 is 4.90 Å². The van der Waals surface area contributed by atoms with Crippen LogP contribution in [-0.4, -0.2) is 5.91 Å². The zero-order valence-corrected chi connectivity index (χ0v) is 10.9. The van der Waals surface area contributed by atoms with Crippen LogP contribution in [-0.2, 0) is 6.54 Å². The summed E-state index contributed by atoms with van der Waals surface area (Å²) in [4.78, 5) is 13.8. The summed E-state index contributed by atoms with van der Waals surface area (Å²) in [5.74, 6) is -0.522. The van der Waals surface area contributed by atoms with Crippen LogP contribution in [0.4, 0.5) is 10.1 Å². The third kappa shape index (κ3) is 1.82. The van der Waals surface area contributed by atoms with Gasteiger partial charge >= 0.3 is 0 Å². The minimum absolute atomic E-state index is 0.146. The number of carbonyl (C=O) groups excluding carboxylic acids is 1. The zero-order chi connectivity index (χ0) is 12.7. The van der Waals surface area contributed by atoms with Crippen molar-refractivity contribution >= 4 is 27.5 Å². The predicted octanol–water partition coefficient (Wildman–Crippen LogP) is 3.75. The van der Waals surface area contributed by atoms with E-state index in [1.54, 1.807) is 11.0 Å². The molecule has 0 N–H and O–H groups in total. The highest BCUT2D eigenvalue weighted by Gasteiger charge is 2.28. The van der Waals surface area contributed by atoms with Crippen LogP contribution in [0, 0.1) is 5.82 Å². The average molecular weight is 306 g/mol. The molecule has 0 aliphatic carbocycles. The fourth-order valence-electron chi connectivity index (χ4n) is 2.10. The predicted molar refractivity (Wildman–Crippen MR) is 71.1 cm³/mol. The van der Waals surface area contributed by atoms with E-state index >= 15 is 0 Å². The van der Waals surface area contributed by atoms with Crippen molar-refractivity contribution in [1.29, 1.82) is 0 Å². The van der Waals surface area contributed by atoms with Gasteiger partial charge in [0, 0.05) is 15.7 Å². The topological polar surface area (TPSA) is 20.3 Å². The lowest BCUT2D eigenvalue weighted by atomic mass is 10.1. The summed E-state index contributed by atoms with van der Waals surface area (Å²) in [6, 6.07) is 11.8. The number of benzene rings is 2. The van der Waals surface area contributed by atoms with Gasteiger partial charge in [0.1, 0.15) is 5.82 Å². The number of hydrogen-bond donors (Lipinski definition) is 0. The Morgan fingerprint density at radius 1 is 1.11 bits per heavy atom. The molecule has 90 valence electrons. The summed E-state index contributed by atoms with van der Waals surface area (Å²) in [5.41, 5.74) is 2.14. The van der Waals surface area contributed by atoms with Crippen molar-refractivity contribution in [3.8, 4) is 0 Å². The number of anilines is 1. The van der Waals surface area contributed by atoms with Gasteiger partial charge in [0.2, 0.25) is 0 Å². The third-order valence-electron chi connectivity index (χ3n) is 3.01. The monoisotopic (exact) mass is 305 g/mol. The van der Waals surface area contributed by atoms with E-state index in [1.165, 1.54) is 12.1 Å². The van der Waals surface area contributed by atoms with Crippen molar-refractivity contribution in [2.24, 2.45) is 0 Å². The summed E-state index contributed by atoms with van der Waals surface area (Å²) >= 11 is 3.35. The lowest BCUT2D eigenvalue weighted by molar-refractivity contribution is 0.0996. The van der Waals surface area contributed by atoms with Crippen LogP contribution >= 0.6 is 15.9 Å². The highest BCUT2D eigenvalue weighted by molar-refractivity contribution is 9.10. The van der Waals surface area contributed by atoms with Gasteiger partial charge in [-0.25, -0.2) is 4.39 Å². The Bertz CT molecular complexity index is 624. The first-order valence-electron chi connectivity index (χ1n) is 5.51. The smallest absolute Gasteiger partial charge is 0.259 e. The first kappa shape index (κ1) is 11.4. The first-order chi connectivity index (χ1) is 8.65. The highest BCUT2D eigenvalue weighted by atomic mass is 79.9. The van der Waals surface area contributed by atoms with Gasteiger partial charge in [-0.05, 0) is 42.0 Å². The Balaban J connectivity index is 1.99. The van der Waals surface area contributed by atoms with E-state index in [-0.39, 0.29) is 11.7 Å². The molecule has 0 unspecified atom stereocenters. The quantitative estimate of drug-likeness (QED) is 0.786. The molecule has 0 spiro atoms. The van der Waals surface area contributed by atoms with E-state index in [0.29, 0.717) is 12.1 Å². The number of carbonyl (C=O) groups is 1. The van der Waals surface area contributed by atoms with E-state index in [1.807, 2.05) is 24.3 Å². The fraction of sp³-hybridized carbons (Fsp3) is 0.0714. The van der Waals surface area contributed by atoms with E-state index < -0.39 is 0 Å². The molecule has 0 saturated heterocycles. The summed E-state index contributed by atoms with van der Waals surface area (Å²) in [7, 11) is 0. The van der Waals surface area contributed by atoms with Crippen molar-refractivity contribution in [3.05, 3.63) is 63.9 Å². The molecule has 1 heterocycles. The molecule has 0 saturated carbocycles. The van der Waals surface area contributed by atoms with Gasteiger partial charge in [-0.1, -0.05) is 22.0 Å². The van der Waals surface area contributed by atoms with Gasteiger partial charge in [-0.15, -0.1) is 0 Å². The van der Waals surface area contributed by atoms with Crippen molar-refractivity contribution in [3.63, 3.8) is 0 Å². The SMILES string of the molecule is O=C1c2cc(F)ccc2CN1c1ccc(Br)cc1. The first-order valence-corrected chi connectivity index (χ1v) is 6.30.